The molecule has 140 valence electrons. The van der Waals surface area contributed by atoms with Crippen molar-refractivity contribution in [2.24, 2.45) is 16.6 Å². The molecule has 1 fully saturated rings. The highest BCUT2D eigenvalue weighted by molar-refractivity contribution is 14.0. The monoisotopic (exact) mass is 459 g/mol. The summed E-state index contributed by atoms with van der Waals surface area (Å²) in [6.07, 6.45) is 3.89. The first-order valence-electron chi connectivity index (χ1n) is 8.60. The number of hydrogen-bond acceptors (Lipinski definition) is 3. The highest BCUT2D eigenvalue weighted by Gasteiger charge is 2.16. The molecule has 7 heteroatoms. The average Bonchev–Trinajstić information content (AvgIpc) is 2.51. The van der Waals surface area contributed by atoms with Gasteiger partial charge in [-0.05, 0) is 50.6 Å². The van der Waals surface area contributed by atoms with E-state index >= 15 is 0 Å². The third-order valence-corrected chi connectivity index (χ3v) is 4.26. The molecule has 0 unspecified atom stereocenters. The minimum absolute atomic E-state index is 0. The summed E-state index contributed by atoms with van der Waals surface area (Å²) in [7, 11) is 3.96. The summed E-state index contributed by atoms with van der Waals surface area (Å²) in [5.74, 6) is 1.16. The fourth-order valence-electron chi connectivity index (χ4n) is 2.48. The van der Waals surface area contributed by atoms with E-state index in [0.29, 0.717) is 24.6 Å². The highest BCUT2D eigenvalue weighted by atomic mass is 127. The van der Waals surface area contributed by atoms with Crippen LogP contribution in [-0.4, -0.2) is 50.5 Å². The number of nitrogens with one attached hydrogen (secondary N) is 2. The maximum atomic E-state index is 12.1. The number of likely N-dealkylation sites (N-methyl/N-ethyl adjacent to an activating group) is 1. The maximum absolute atomic E-state index is 12.1. The maximum Gasteiger partial charge on any atom is 0.251 e. The lowest BCUT2D eigenvalue weighted by atomic mass is 9.85. The first-order chi connectivity index (χ1) is 11.5. The van der Waals surface area contributed by atoms with Crippen LogP contribution in [0.15, 0.2) is 29.3 Å². The first-order valence-corrected chi connectivity index (χ1v) is 8.60. The Bertz CT molecular complexity index is 572. The molecule has 0 spiro atoms. The molecule has 1 aliphatic carbocycles. The van der Waals surface area contributed by atoms with E-state index < -0.39 is 0 Å². The quantitative estimate of drug-likeness (QED) is 0.315. The Labute approximate surface area is 167 Å². The summed E-state index contributed by atoms with van der Waals surface area (Å²) < 4.78 is 0. The number of nitrogens with zero attached hydrogens (tertiary/aromatic N) is 2. The Hall–Kier alpha value is -1.35. The Morgan fingerprint density at radius 3 is 2.72 bits per heavy atom. The third kappa shape index (κ3) is 8.04. The van der Waals surface area contributed by atoms with E-state index in [1.807, 2.05) is 43.3 Å². The first kappa shape index (κ1) is 21.7. The molecular formula is C18H30IN5O. The van der Waals surface area contributed by atoms with Gasteiger partial charge in [0.15, 0.2) is 5.96 Å². The Morgan fingerprint density at radius 1 is 1.32 bits per heavy atom. The minimum atomic E-state index is -0.0567. The fourth-order valence-corrected chi connectivity index (χ4v) is 2.48. The van der Waals surface area contributed by atoms with E-state index in [0.717, 1.165) is 24.6 Å². The minimum Gasteiger partial charge on any atom is -0.370 e. The van der Waals surface area contributed by atoms with Crippen LogP contribution in [0.2, 0.25) is 0 Å². The van der Waals surface area contributed by atoms with Crippen molar-refractivity contribution in [3.05, 3.63) is 35.4 Å². The third-order valence-electron chi connectivity index (χ3n) is 4.26. The summed E-state index contributed by atoms with van der Waals surface area (Å²) in [6, 6.07) is 7.52. The van der Waals surface area contributed by atoms with Gasteiger partial charge in [0.2, 0.25) is 0 Å². The molecule has 6 nitrogen and oxygen atoms in total. The molecule has 1 aromatic rings. The Balaban J connectivity index is 0.00000312. The van der Waals surface area contributed by atoms with Crippen LogP contribution in [0.3, 0.4) is 0 Å². The highest BCUT2D eigenvalue weighted by Crippen LogP contribution is 2.24. The molecule has 0 atom stereocenters. The SMILES string of the molecule is CN(C)CCNC(=O)c1cccc(CN=C(N)NCC2CCC2)c1.I. The predicted molar refractivity (Wildman–Crippen MR) is 113 cm³/mol. The summed E-state index contributed by atoms with van der Waals surface area (Å²) >= 11 is 0. The van der Waals surface area contributed by atoms with E-state index in [-0.39, 0.29) is 29.9 Å². The molecule has 0 aliphatic heterocycles. The number of carbonyl (C=O) groups excluding carboxylic acids is 1. The second-order valence-corrected chi connectivity index (χ2v) is 6.64. The van der Waals surface area contributed by atoms with Crippen LogP contribution >= 0.6 is 24.0 Å². The lowest BCUT2D eigenvalue weighted by Gasteiger charge is -2.25. The Kier molecular flexibility index (Phi) is 9.81. The lowest BCUT2D eigenvalue weighted by molar-refractivity contribution is 0.0951. The summed E-state index contributed by atoms with van der Waals surface area (Å²) in [6.45, 7) is 2.83. The Morgan fingerprint density at radius 2 is 2.08 bits per heavy atom. The van der Waals surface area contributed by atoms with Crippen LogP contribution in [0.25, 0.3) is 0 Å². The standard InChI is InChI=1S/C18H29N5O.HI/c1-23(2)10-9-20-17(24)16-8-4-7-15(11-16)13-22-18(19)21-12-14-5-3-6-14;/h4,7-8,11,14H,3,5-6,9-10,12-13H2,1-2H3,(H,20,24)(H3,19,21,22);1H. The second kappa shape index (κ2) is 11.3. The van der Waals surface area contributed by atoms with Gasteiger partial charge in [-0.2, -0.15) is 0 Å². The average molecular weight is 459 g/mol. The largest absolute Gasteiger partial charge is 0.370 e. The van der Waals surface area contributed by atoms with Crippen molar-refractivity contribution < 1.29 is 4.79 Å². The molecule has 4 N–H and O–H groups in total. The summed E-state index contributed by atoms with van der Waals surface area (Å²) in [5.41, 5.74) is 7.53. The van der Waals surface area contributed by atoms with Crippen LogP contribution in [0.4, 0.5) is 0 Å². The van der Waals surface area contributed by atoms with Crippen LogP contribution in [0.1, 0.15) is 35.2 Å². The lowest BCUT2D eigenvalue weighted by Crippen LogP contribution is -2.37. The van der Waals surface area contributed by atoms with Crippen molar-refractivity contribution >= 4 is 35.8 Å². The molecule has 0 saturated heterocycles. The zero-order chi connectivity index (χ0) is 17.4. The smallest absolute Gasteiger partial charge is 0.251 e. The van der Waals surface area contributed by atoms with Crippen molar-refractivity contribution in [1.29, 1.82) is 0 Å². The number of amides is 1. The second-order valence-electron chi connectivity index (χ2n) is 6.64. The van der Waals surface area contributed by atoms with Gasteiger partial charge in [-0.3, -0.25) is 4.79 Å². The van der Waals surface area contributed by atoms with E-state index in [2.05, 4.69) is 15.6 Å². The van der Waals surface area contributed by atoms with Gasteiger partial charge < -0.3 is 21.3 Å². The summed E-state index contributed by atoms with van der Waals surface area (Å²) in [4.78, 5) is 18.5. The number of aliphatic imine (C=N–C) groups is 1. The molecule has 1 aromatic carbocycles. The van der Waals surface area contributed by atoms with E-state index in [9.17, 15) is 4.79 Å². The molecule has 0 radical (unpaired) electrons. The molecule has 1 aliphatic rings. The summed E-state index contributed by atoms with van der Waals surface area (Å²) in [5, 5.41) is 6.09. The molecule has 2 rings (SSSR count). The van der Waals surface area contributed by atoms with Crippen molar-refractivity contribution in [3.63, 3.8) is 0 Å². The molecule has 0 aromatic heterocycles. The molecule has 0 bridgehead atoms. The van der Waals surface area contributed by atoms with Gasteiger partial charge in [0.05, 0.1) is 6.54 Å². The van der Waals surface area contributed by atoms with Crippen LogP contribution in [0.5, 0.6) is 0 Å². The number of rotatable bonds is 8. The number of nitrogens with two attached hydrogens (primary N) is 1. The molecular weight excluding hydrogens is 429 g/mol. The molecule has 1 amide bonds. The van der Waals surface area contributed by atoms with Gasteiger partial charge in [0.1, 0.15) is 0 Å². The van der Waals surface area contributed by atoms with Crippen molar-refractivity contribution in [2.45, 2.75) is 25.8 Å². The predicted octanol–water partition coefficient (Wildman–Crippen LogP) is 1.80. The van der Waals surface area contributed by atoms with Gasteiger partial charge in [0.25, 0.3) is 5.91 Å². The van der Waals surface area contributed by atoms with E-state index in [4.69, 9.17) is 5.73 Å². The topological polar surface area (TPSA) is 82.8 Å². The van der Waals surface area contributed by atoms with E-state index in [1.165, 1.54) is 19.3 Å². The van der Waals surface area contributed by atoms with Crippen LogP contribution < -0.4 is 16.4 Å². The molecule has 25 heavy (non-hydrogen) atoms. The van der Waals surface area contributed by atoms with Crippen LogP contribution in [-0.2, 0) is 6.54 Å². The van der Waals surface area contributed by atoms with E-state index in [1.54, 1.807) is 0 Å². The van der Waals surface area contributed by atoms with Crippen LogP contribution in [0, 0.1) is 5.92 Å². The van der Waals surface area contributed by atoms with Gasteiger partial charge >= 0.3 is 0 Å². The fraction of sp³-hybridized carbons (Fsp3) is 0.556. The van der Waals surface area contributed by atoms with Gasteiger partial charge in [-0.1, -0.05) is 18.6 Å². The number of halogens is 1. The molecule has 1 saturated carbocycles. The zero-order valence-corrected chi connectivity index (χ0v) is 17.5. The van der Waals surface area contributed by atoms with Crippen molar-refractivity contribution in [1.82, 2.24) is 15.5 Å². The number of guanidine groups is 1. The number of carbonyl (C=O) groups is 1. The van der Waals surface area contributed by atoms with Gasteiger partial charge in [0, 0.05) is 25.2 Å². The van der Waals surface area contributed by atoms with Gasteiger partial charge in [-0.15, -0.1) is 24.0 Å². The molecule has 0 heterocycles. The van der Waals surface area contributed by atoms with Crippen molar-refractivity contribution in [3.8, 4) is 0 Å². The van der Waals surface area contributed by atoms with Gasteiger partial charge in [-0.25, -0.2) is 4.99 Å². The number of benzene rings is 1. The normalized spacial score (nSPS) is 14.6. The van der Waals surface area contributed by atoms with Crippen molar-refractivity contribution in [2.75, 3.05) is 33.7 Å². The zero-order valence-electron chi connectivity index (χ0n) is 15.1. The number of hydrogen-bond donors (Lipinski definition) is 3.